The first kappa shape index (κ1) is 14.3. The maximum Gasteiger partial charge on any atom is 0.337 e. The van der Waals surface area contributed by atoms with E-state index in [0.717, 1.165) is 11.3 Å². The number of carbonyl (C=O) groups is 2. The maximum atomic E-state index is 12.0. The second kappa shape index (κ2) is 5.61. The van der Waals surface area contributed by atoms with Crippen molar-refractivity contribution in [2.24, 2.45) is 4.99 Å². The zero-order chi connectivity index (χ0) is 15.7. The molecular formula is C16H11ClN2O3. The van der Waals surface area contributed by atoms with Crippen LogP contribution in [0.15, 0.2) is 47.5 Å². The summed E-state index contributed by atoms with van der Waals surface area (Å²) in [5, 5.41) is 12.0. The molecule has 0 saturated carbocycles. The molecule has 3 rings (SSSR count). The second-order valence-corrected chi connectivity index (χ2v) is 5.21. The van der Waals surface area contributed by atoms with Gasteiger partial charge >= 0.3 is 5.97 Å². The molecule has 0 saturated heterocycles. The molecule has 0 fully saturated rings. The highest BCUT2D eigenvalue weighted by Gasteiger charge is 2.28. The SMILES string of the molecule is O=C(O)c1cc(N=CC2C(=O)Nc3ccccc32)ccc1Cl. The van der Waals surface area contributed by atoms with Gasteiger partial charge in [-0.25, -0.2) is 4.79 Å². The fourth-order valence-electron chi connectivity index (χ4n) is 2.30. The number of nitrogens with zero attached hydrogens (tertiary/aromatic N) is 1. The number of carbonyl (C=O) groups excluding carboxylic acids is 1. The van der Waals surface area contributed by atoms with Gasteiger partial charge in [0.15, 0.2) is 0 Å². The quantitative estimate of drug-likeness (QED) is 0.851. The molecule has 1 aliphatic heterocycles. The molecule has 1 heterocycles. The molecule has 1 atom stereocenters. The fourth-order valence-corrected chi connectivity index (χ4v) is 2.50. The van der Waals surface area contributed by atoms with Crippen LogP contribution in [-0.4, -0.2) is 23.2 Å². The Kier molecular flexibility index (Phi) is 3.65. The van der Waals surface area contributed by atoms with Crippen LogP contribution in [0.25, 0.3) is 0 Å². The first-order chi connectivity index (χ1) is 10.6. The molecule has 0 radical (unpaired) electrons. The van der Waals surface area contributed by atoms with Crippen LogP contribution in [0, 0.1) is 0 Å². The van der Waals surface area contributed by atoms with E-state index in [1.54, 1.807) is 6.07 Å². The average molecular weight is 315 g/mol. The number of aromatic carboxylic acids is 1. The summed E-state index contributed by atoms with van der Waals surface area (Å²) in [6.07, 6.45) is 1.51. The minimum absolute atomic E-state index is 0.0207. The van der Waals surface area contributed by atoms with Gasteiger partial charge in [0.05, 0.1) is 16.3 Å². The number of carboxylic acid groups (broad SMARTS) is 1. The van der Waals surface area contributed by atoms with Crippen LogP contribution < -0.4 is 5.32 Å². The van der Waals surface area contributed by atoms with Gasteiger partial charge in [-0.05, 0) is 29.8 Å². The number of para-hydroxylation sites is 1. The summed E-state index contributed by atoms with van der Waals surface area (Å²) in [6.45, 7) is 0. The van der Waals surface area contributed by atoms with Gasteiger partial charge in [-0.3, -0.25) is 9.79 Å². The highest BCUT2D eigenvalue weighted by atomic mass is 35.5. The lowest BCUT2D eigenvalue weighted by Crippen LogP contribution is -2.12. The van der Waals surface area contributed by atoms with E-state index in [9.17, 15) is 9.59 Å². The van der Waals surface area contributed by atoms with Crippen molar-refractivity contribution < 1.29 is 14.7 Å². The van der Waals surface area contributed by atoms with E-state index in [-0.39, 0.29) is 16.5 Å². The van der Waals surface area contributed by atoms with Crippen LogP contribution in [0.2, 0.25) is 5.02 Å². The van der Waals surface area contributed by atoms with Gasteiger partial charge in [-0.1, -0.05) is 29.8 Å². The summed E-state index contributed by atoms with van der Waals surface area (Å²) in [7, 11) is 0. The van der Waals surface area contributed by atoms with Gasteiger partial charge in [-0.2, -0.15) is 0 Å². The molecule has 2 N–H and O–H groups in total. The Balaban J connectivity index is 1.90. The Bertz CT molecular complexity index is 802. The van der Waals surface area contributed by atoms with Crippen molar-refractivity contribution >= 4 is 41.1 Å². The number of anilines is 1. The predicted molar refractivity (Wildman–Crippen MR) is 84.4 cm³/mol. The predicted octanol–water partition coefficient (Wildman–Crippen LogP) is 3.48. The number of amides is 1. The molecule has 2 aromatic carbocycles. The number of fused-ring (bicyclic) bond motifs is 1. The minimum Gasteiger partial charge on any atom is -0.478 e. The van der Waals surface area contributed by atoms with E-state index in [0.29, 0.717) is 5.69 Å². The Morgan fingerprint density at radius 3 is 2.82 bits per heavy atom. The van der Waals surface area contributed by atoms with Crippen molar-refractivity contribution in [3.8, 4) is 0 Å². The lowest BCUT2D eigenvalue weighted by atomic mass is 10.0. The molecule has 0 aliphatic carbocycles. The third-order valence-electron chi connectivity index (χ3n) is 3.39. The first-order valence-electron chi connectivity index (χ1n) is 6.53. The monoisotopic (exact) mass is 314 g/mol. The summed E-state index contributed by atoms with van der Waals surface area (Å²) in [4.78, 5) is 27.2. The third-order valence-corrected chi connectivity index (χ3v) is 3.72. The van der Waals surface area contributed by atoms with Gasteiger partial charge in [0.2, 0.25) is 5.91 Å². The Labute approximate surface area is 131 Å². The molecule has 0 bridgehead atoms. The molecule has 2 aromatic rings. The van der Waals surface area contributed by atoms with Crippen LogP contribution in [-0.2, 0) is 4.79 Å². The van der Waals surface area contributed by atoms with Crippen LogP contribution in [0.4, 0.5) is 11.4 Å². The third kappa shape index (κ3) is 2.58. The standard InChI is InChI=1S/C16H11ClN2O3/c17-13-6-5-9(7-11(13)16(21)22)18-8-12-10-3-1-2-4-14(10)19-15(12)20/h1-8,12H,(H,19,20)(H,21,22). The molecule has 0 aromatic heterocycles. The van der Waals surface area contributed by atoms with Gasteiger partial charge in [0, 0.05) is 11.9 Å². The molecule has 6 heteroatoms. The topological polar surface area (TPSA) is 78.8 Å². The lowest BCUT2D eigenvalue weighted by molar-refractivity contribution is -0.115. The second-order valence-electron chi connectivity index (χ2n) is 4.80. The van der Waals surface area contributed by atoms with Crippen LogP contribution >= 0.6 is 11.6 Å². The Morgan fingerprint density at radius 2 is 2.05 bits per heavy atom. The van der Waals surface area contributed by atoms with E-state index in [4.69, 9.17) is 16.7 Å². The van der Waals surface area contributed by atoms with E-state index >= 15 is 0 Å². The van der Waals surface area contributed by atoms with E-state index in [2.05, 4.69) is 10.3 Å². The molecule has 110 valence electrons. The van der Waals surface area contributed by atoms with E-state index in [1.165, 1.54) is 18.3 Å². The van der Waals surface area contributed by atoms with Crippen molar-refractivity contribution in [3.05, 3.63) is 58.6 Å². The fraction of sp³-hybridized carbons (Fsp3) is 0.0625. The molecule has 1 aliphatic rings. The van der Waals surface area contributed by atoms with Crippen LogP contribution in [0.3, 0.4) is 0 Å². The van der Waals surface area contributed by atoms with Crippen molar-refractivity contribution in [3.63, 3.8) is 0 Å². The smallest absolute Gasteiger partial charge is 0.337 e. The number of hydrogen-bond donors (Lipinski definition) is 2. The normalized spacial score (nSPS) is 16.6. The lowest BCUT2D eigenvalue weighted by Gasteiger charge is -2.03. The molecule has 1 unspecified atom stereocenters. The number of rotatable bonds is 3. The maximum absolute atomic E-state index is 12.0. The van der Waals surface area contributed by atoms with Gasteiger partial charge in [0.25, 0.3) is 0 Å². The van der Waals surface area contributed by atoms with E-state index in [1.807, 2.05) is 24.3 Å². The average Bonchev–Trinajstić information content (AvgIpc) is 2.81. The Hall–Kier alpha value is -2.66. The minimum atomic E-state index is -1.12. The highest BCUT2D eigenvalue weighted by molar-refractivity contribution is 6.33. The van der Waals surface area contributed by atoms with Crippen molar-refractivity contribution in [1.82, 2.24) is 0 Å². The summed E-state index contributed by atoms with van der Waals surface area (Å²) >= 11 is 5.81. The van der Waals surface area contributed by atoms with Crippen LogP contribution in [0.1, 0.15) is 21.8 Å². The zero-order valence-corrected chi connectivity index (χ0v) is 12.0. The van der Waals surface area contributed by atoms with Crippen molar-refractivity contribution in [2.75, 3.05) is 5.32 Å². The number of carboxylic acids is 1. The number of halogens is 1. The molecular weight excluding hydrogens is 304 g/mol. The van der Waals surface area contributed by atoms with Gasteiger partial charge in [-0.15, -0.1) is 0 Å². The van der Waals surface area contributed by atoms with E-state index < -0.39 is 11.9 Å². The summed E-state index contributed by atoms with van der Waals surface area (Å²) in [5.74, 6) is -1.76. The number of nitrogens with one attached hydrogen (secondary N) is 1. The molecule has 22 heavy (non-hydrogen) atoms. The largest absolute Gasteiger partial charge is 0.478 e. The highest BCUT2D eigenvalue weighted by Crippen LogP contribution is 2.31. The first-order valence-corrected chi connectivity index (χ1v) is 6.91. The molecule has 0 spiro atoms. The van der Waals surface area contributed by atoms with Crippen LogP contribution in [0.5, 0.6) is 0 Å². The molecule has 5 nitrogen and oxygen atoms in total. The molecule has 1 amide bonds. The summed E-state index contributed by atoms with van der Waals surface area (Å²) < 4.78 is 0. The summed E-state index contributed by atoms with van der Waals surface area (Å²) in [6, 6.07) is 11.8. The Morgan fingerprint density at radius 1 is 1.27 bits per heavy atom. The van der Waals surface area contributed by atoms with Gasteiger partial charge < -0.3 is 10.4 Å². The number of benzene rings is 2. The zero-order valence-electron chi connectivity index (χ0n) is 11.3. The number of aliphatic imine (C=N–C) groups is 1. The number of hydrogen-bond acceptors (Lipinski definition) is 3. The van der Waals surface area contributed by atoms with Crippen molar-refractivity contribution in [2.45, 2.75) is 5.92 Å². The van der Waals surface area contributed by atoms with Crippen molar-refractivity contribution in [1.29, 1.82) is 0 Å². The van der Waals surface area contributed by atoms with Gasteiger partial charge in [0.1, 0.15) is 5.92 Å². The summed E-state index contributed by atoms with van der Waals surface area (Å²) in [5.41, 5.74) is 2.03.